The molecule has 10 nitrogen and oxygen atoms in total. The summed E-state index contributed by atoms with van der Waals surface area (Å²) in [5.41, 5.74) is 4.52. The van der Waals surface area contributed by atoms with Crippen LogP contribution in [0.25, 0.3) is 11.1 Å². The highest BCUT2D eigenvalue weighted by Crippen LogP contribution is 2.44. The molecule has 4 N–H and O–H groups in total. The largest absolute Gasteiger partial charge is 0.468 e. The number of methoxy groups -OCH3 is 1. The number of hydrogen-bond donors (Lipinski definition) is 4. The molecule has 1 fully saturated rings. The number of esters is 1. The molecule has 2 aliphatic rings. The molecule has 0 aromatic heterocycles. The number of alkyl carbamates (subject to hydrolysis) is 1. The lowest BCUT2D eigenvalue weighted by Crippen LogP contribution is -2.53. The number of benzene rings is 2. The Morgan fingerprint density at radius 3 is 2.23 bits per heavy atom. The minimum absolute atomic E-state index is 0.0304. The summed E-state index contributed by atoms with van der Waals surface area (Å²) < 4.78 is 16.8. The van der Waals surface area contributed by atoms with Crippen molar-refractivity contribution in [3.8, 4) is 11.1 Å². The van der Waals surface area contributed by atoms with Crippen molar-refractivity contribution in [1.82, 2.24) is 16.0 Å². The van der Waals surface area contributed by atoms with Crippen LogP contribution in [0, 0.1) is 5.92 Å². The van der Waals surface area contributed by atoms with E-state index >= 15 is 0 Å². The van der Waals surface area contributed by atoms with E-state index in [1.165, 1.54) is 17.9 Å². The summed E-state index contributed by atoms with van der Waals surface area (Å²) >= 11 is 0. The molecule has 0 spiro atoms. The maximum absolute atomic E-state index is 13.5. The Bertz CT molecular complexity index is 1340. The van der Waals surface area contributed by atoms with Crippen LogP contribution in [-0.2, 0) is 23.8 Å². The van der Waals surface area contributed by atoms with E-state index in [-0.39, 0.29) is 54.3 Å². The van der Waals surface area contributed by atoms with Gasteiger partial charge in [0.2, 0.25) is 5.91 Å². The molecule has 1 unspecified atom stereocenters. The van der Waals surface area contributed by atoms with E-state index in [2.05, 4.69) is 61.0 Å². The van der Waals surface area contributed by atoms with Crippen molar-refractivity contribution >= 4 is 39.6 Å². The average molecular weight is 702 g/mol. The molecular weight excluding hydrogens is 651 g/mol. The zero-order chi connectivity index (χ0) is 34.8. The molecule has 2 aromatic rings. The van der Waals surface area contributed by atoms with Gasteiger partial charge in [-0.05, 0) is 47.4 Å². The molecule has 264 valence electrons. The minimum atomic E-state index is -0.830. The summed E-state index contributed by atoms with van der Waals surface area (Å²) in [5.74, 6) is -0.153. The molecule has 12 heteroatoms. The number of aliphatic hydroxyl groups excluding tert-OH is 1. The third-order valence-electron chi connectivity index (χ3n) is 8.34. The van der Waals surface area contributed by atoms with Crippen LogP contribution in [0.1, 0.15) is 70.9 Å². The molecule has 5 atom stereocenters. The highest BCUT2D eigenvalue weighted by molar-refractivity contribution is 8.77. The Hall–Kier alpha value is -2.77. The molecule has 2 amide bonds. The van der Waals surface area contributed by atoms with E-state index in [1.54, 1.807) is 10.8 Å². The maximum atomic E-state index is 13.5. The Kier molecular flexibility index (Phi) is 14.1. The SMILES string of the molecule is COC(=O)[C@H](CC(C)C)NC[C@H]1O[C@@H](CNC(=O)C(CSSC(C)(C)C)NC(=O)OCC2c3ccccc3-c3ccccc32)CC[C@@H]1O. The first-order chi connectivity index (χ1) is 22.9. The zero-order valence-corrected chi connectivity index (χ0v) is 30.5. The van der Waals surface area contributed by atoms with Gasteiger partial charge >= 0.3 is 12.1 Å². The van der Waals surface area contributed by atoms with Crippen LogP contribution in [0.4, 0.5) is 4.79 Å². The number of ether oxygens (including phenoxy) is 3. The van der Waals surface area contributed by atoms with Crippen LogP contribution in [0.5, 0.6) is 0 Å². The van der Waals surface area contributed by atoms with Gasteiger partial charge in [-0.25, -0.2) is 4.79 Å². The summed E-state index contributed by atoms with van der Waals surface area (Å²) in [7, 11) is 4.52. The molecular formula is C36H51N3O7S2. The number of nitrogens with one attached hydrogen (secondary N) is 3. The smallest absolute Gasteiger partial charge is 0.407 e. The first-order valence-electron chi connectivity index (χ1n) is 16.7. The number of aliphatic hydroxyl groups is 1. The van der Waals surface area contributed by atoms with E-state index in [1.807, 2.05) is 38.1 Å². The highest BCUT2D eigenvalue weighted by atomic mass is 33.1. The zero-order valence-electron chi connectivity index (χ0n) is 28.8. The first kappa shape index (κ1) is 38.0. The standard InChI is InChI=1S/C36H51N3O7S2/c1-22(2)17-29(34(42)44-6)37-19-32-31(40)16-15-23(46-32)18-38-33(41)30(21-47-48-36(3,4)5)39-35(43)45-20-28-26-13-9-7-11-24(26)25-12-8-10-14-27(25)28/h7-14,22-23,28-32,37,40H,15-21H2,1-6H3,(H,38,41)(H,39,43)/t23-,29+,30?,31+,32-/m1/s1. The van der Waals surface area contributed by atoms with Crippen LogP contribution in [0.2, 0.25) is 0 Å². The van der Waals surface area contributed by atoms with Crippen LogP contribution in [-0.4, -0.2) is 90.8 Å². The number of carbonyl (C=O) groups excluding carboxylic acids is 3. The minimum Gasteiger partial charge on any atom is -0.468 e. The molecule has 4 rings (SSSR count). The molecule has 1 heterocycles. The van der Waals surface area contributed by atoms with Crippen molar-refractivity contribution in [2.45, 2.75) is 94.9 Å². The summed E-state index contributed by atoms with van der Waals surface area (Å²) in [5, 5.41) is 19.6. The predicted molar refractivity (Wildman–Crippen MR) is 192 cm³/mol. The third kappa shape index (κ3) is 10.9. The van der Waals surface area contributed by atoms with Crippen LogP contribution in [0.3, 0.4) is 0 Å². The summed E-state index contributed by atoms with van der Waals surface area (Å²) in [6.45, 7) is 11.0. The van der Waals surface area contributed by atoms with Gasteiger partial charge < -0.3 is 35.3 Å². The van der Waals surface area contributed by atoms with Gasteiger partial charge in [0.15, 0.2) is 0 Å². The number of amides is 2. The van der Waals surface area contributed by atoms with Gasteiger partial charge in [0.25, 0.3) is 0 Å². The summed E-state index contributed by atoms with van der Waals surface area (Å²) in [4.78, 5) is 38.8. The normalized spacial score (nSPS) is 20.4. The second-order valence-electron chi connectivity index (χ2n) is 13.8. The Morgan fingerprint density at radius 2 is 1.62 bits per heavy atom. The van der Waals surface area contributed by atoms with Gasteiger partial charge in [0.1, 0.15) is 18.7 Å². The van der Waals surface area contributed by atoms with Crippen LogP contribution >= 0.6 is 21.6 Å². The van der Waals surface area contributed by atoms with Crippen LogP contribution in [0.15, 0.2) is 48.5 Å². The Labute approximate surface area is 292 Å². The Balaban J connectivity index is 1.33. The molecule has 1 saturated heterocycles. The number of fused-ring (bicyclic) bond motifs is 3. The van der Waals surface area contributed by atoms with E-state index in [9.17, 15) is 19.5 Å². The monoisotopic (exact) mass is 701 g/mol. The summed E-state index contributed by atoms with van der Waals surface area (Å²) in [6.07, 6.45) is -0.578. The predicted octanol–water partition coefficient (Wildman–Crippen LogP) is 5.28. The lowest BCUT2D eigenvalue weighted by Gasteiger charge is -2.35. The maximum Gasteiger partial charge on any atom is 0.407 e. The molecule has 1 aliphatic carbocycles. The highest BCUT2D eigenvalue weighted by Gasteiger charge is 2.33. The second-order valence-corrected chi connectivity index (χ2v) is 17.0. The number of rotatable bonds is 15. The van der Waals surface area contributed by atoms with Gasteiger partial charge in [0.05, 0.1) is 25.4 Å². The van der Waals surface area contributed by atoms with Crippen molar-refractivity contribution < 1.29 is 33.7 Å². The molecule has 48 heavy (non-hydrogen) atoms. The van der Waals surface area contributed by atoms with Crippen molar-refractivity contribution in [1.29, 1.82) is 0 Å². The molecule has 0 radical (unpaired) electrons. The van der Waals surface area contributed by atoms with E-state index < -0.39 is 30.4 Å². The van der Waals surface area contributed by atoms with Gasteiger partial charge in [-0.2, -0.15) is 0 Å². The van der Waals surface area contributed by atoms with Gasteiger partial charge in [0, 0.05) is 29.5 Å². The van der Waals surface area contributed by atoms with E-state index in [0.717, 1.165) is 22.3 Å². The molecule has 2 aromatic carbocycles. The van der Waals surface area contributed by atoms with Crippen molar-refractivity contribution in [2.75, 3.05) is 32.6 Å². The average Bonchev–Trinajstić information content (AvgIpc) is 3.37. The van der Waals surface area contributed by atoms with E-state index in [4.69, 9.17) is 14.2 Å². The van der Waals surface area contributed by atoms with E-state index in [0.29, 0.717) is 25.0 Å². The van der Waals surface area contributed by atoms with Crippen LogP contribution < -0.4 is 16.0 Å². The second kappa shape index (κ2) is 17.8. The number of carbonyl (C=O) groups is 3. The third-order valence-corrected chi connectivity index (χ3v) is 11.7. The lowest BCUT2D eigenvalue weighted by molar-refractivity contribution is -0.145. The lowest BCUT2D eigenvalue weighted by atomic mass is 9.98. The molecule has 1 aliphatic heterocycles. The topological polar surface area (TPSA) is 135 Å². The van der Waals surface area contributed by atoms with Gasteiger partial charge in [-0.3, -0.25) is 9.59 Å². The van der Waals surface area contributed by atoms with Crippen molar-refractivity contribution in [3.63, 3.8) is 0 Å². The fourth-order valence-electron chi connectivity index (χ4n) is 6.00. The summed E-state index contributed by atoms with van der Waals surface area (Å²) in [6, 6.07) is 15.0. The Morgan fingerprint density at radius 1 is 0.979 bits per heavy atom. The van der Waals surface area contributed by atoms with Gasteiger partial charge in [-0.15, -0.1) is 0 Å². The van der Waals surface area contributed by atoms with Crippen molar-refractivity contribution in [3.05, 3.63) is 59.7 Å². The first-order valence-corrected chi connectivity index (χ1v) is 19.0. The van der Waals surface area contributed by atoms with Gasteiger partial charge in [-0.1, -0.05) is 105 Å². The fraction of sp³-hybridized carbons (Fsp3) is 0.583. The quantitative estimate of drug-likeness (QED) is 0.144. The molecule has 0 bridgehead atoms. The van der Waals surface area contributed by atoms with Crippen molar-refractivity contribution in [2.24, 2.45) is 5.92 Å². The molecule has 0 saturated carbocycles. The fourth-order valence-corrected chi connectivity index (χ4v) is 8.46. The number of hydrogen-bond acceptors (Lipinski definition) is 10.